The molecule has 1 N–H and O–H groups in total. The molecule has 0 aromatic heterocycles. The van der Waals surface area contributed by atoms with Crippen LogP contribution in [-0.4, -0.2) is 57.6 Å². The van der Waals surface area contributed by atoms with Crippen LogP contribution in [0.1, 0.15) is 39.2 Å². The molecule has 180 valence electrons. The second-order valence-electron chi connectivity index (χ2n) is 8.37. The van der Waals surface area contributed by atoms with E-state index in [-0.39, 0.29) is 42.3 Å². The van der Waals surface area contributed by atoms with Crippen molar-refractivity contribution < 1.29 is 27.4 Å². The van der Waals surface area contributed by atoms with Crippen molar-refractivity contribution in [2.75, 3.05) is 38.2 Å². The number of nitrogens with zero attached hydrogens (tertiary/aromatic N) is 1. The Hall–Kier alpha value is -2.62. The lowest BCUT2D eigenvalue weighted by Crippen LogP contribution is -2.40. The molecule has 1 heterocycles. The third kappa shape index (κ3) is 6.46. The van der Waals surface area contributed by atoms with E-state index in [1.54, 1.807) is 6.07 Å². The van der Waals surface area contributed by atoms with E-state index in [1.807, 2.05) is 38.1 Å². The molecule has 0 unspecified atom stereocenters. The highest BCUT2D eigenvalue weighted by molar-refractivity contribution is 7.89. The molecule has 0 saturated carbocycles. The van der Waals surface area contributed by atoms with E-state index in [0.29, 0.717) is 24.7 Å². The van der Waals surface area contributed by atoms with Crippen LogP contribution in [0.25, 0.3) is 0 Å². The largest absolute Gasteiger partial charge is 0.489 e. The monoisotopic (exact) mass is 476 g/mol. The fourth-order valence-electron chi connectivity index (χ4n) is 3.48. The molecule has 33 heavy (non-hydrogen) atoms. The van der Waals surface area contributed by atoms with E-state index in [1.165, 1.54) is 16.4 Å². The summed E-state index contributed by atoms with van der Waals surface area (Å²) in [6.45, 7) is 8.89. The van der Waals surface area contributed by atoms with E-state index in [0.717, 1.165) is 5.56 Å². The number of hydrogen-bond donors (Lipinski definition) is 1. The van der Waals surface area contributed by atoms with Gasteiger partial charge in [0.25, 0.3) is 5.91 Å². The van der Waals surface area contributed by atoms with E-state index in [2.05, 4.69) is 19.2 Å². The van der Waals surface area contributed by atoms with Gasteiger partial charge >= 0.3 is 0 Å². The van der Waals surface area contributed by atoms with Crippen LogP contribution in [0.15, 0.2) is 47.4 Å². The number of rotatable bonds is 9. The number of sulfonamides is 1. The maximum absolute atomic E-state index is 13.1. The second kappa shape index (κ2) is 11.0. The lowest BCUT2D eigenvalue weighted by molar-refractivity contribution is -0.118. The molecular weight excluding hydrogens is 444 g/mol. The highest BCUT2D eigenvalue weighted by Crippen LogP contribution is 2.31. The highest BCUT2D eigenvalue weighted by atomic mass is 32.2. The first kappa shape index (κ1) is 25.0. The summed E-state index contributed by atoms with van der Waals surface area (Å²) >= 11 is 0. The van der Waals surface area contributed by atoms with Crippen LogP contribution in [0.4, 0.5) is 5.69 Å². The number of hydrogen-bond acceptors (Lipinski definition) is 6. The molecule has 0 atom stereocenters. The van der Waals surface area contributed by atoms with Crippen molar-refractivity contribution in [3.63, 3.8) is 0 Å². The smallest absolute Gasteiger partial charge is 0.262 e. The first-order chi connectivity index (χ1) is 15.7. The summed E-state index contributed by atoms with van der Waals surface area (Å²) in [4.78, 5) is 12.8. The molecule has 3 rings (SSSR count). The minimum atomic E-state index is -3.72. The van der Waals surface area contributed by atoms with Gasteiger partial charge in [-0.3, -0.25) is 4.79 Å². The van der Waals surface area contributed by atoms with Crippen molar-refractivity contribution in [3.05, 3.63) is 48.0 Å². The highest BCUT2D eigenvalue weighted by Gasteiger charge is 2.27. The van der Waals surface area contributed by atoms with Crippen LogP contribution >= 0.6 is 0 Å². The zero-order valence-corrected chi connectivity index (χ0v) is 20.4. The predicted molar refractivity (Wildman–Crippen MR) is 126 cm³/mol. The van der Waals surface area contributed by atoms with E-state index in [9.17, 15) is 13.2 Å². The quantitative estimate of drug-likeness (QED) is 0.594. The first-order valence-electron chi connectivity index (χ1n) is 11.1. The van der Waals surface area contributed by atoms with Gasteiger partial charge in [0, 0.05) is 13.1 Å². The van der Waals surface area contributed by atoms with Gasteiger partial charge in [-0.05, 0) is 49.6 Å². The van der Waals surface area contributed by atoms with Crippen molar-refractivity contribution in [1.82, 2.24) is 4.31 Å². The van der Waals surface area contributed by atoms with Crippen LogP contribution in [0.3, 0.4) is 0 Å². The predicted octanol–water partition coefficient (Wildman–Crippen LogP) is 3.64. The molecule has 1 fully saturated rings. The Labute approximate surface area is 195 Å². The van der Waals surface area contributed by atoms with Crippen molar-refractivity contribution in [3.8, 4) is 11.5 Å². The number of anilines is 1. The summed E-state index contributed by atoms with van der Waals surface area (Å²) in [5.74, 6) is 0.868. The second-order valence-corrected chi connectivity index (χ2v) is 10.3. The zero-order chi connectivity index (χ0) is 24.0. The number of ether oxygens (including phenoxy) is 3. The Bertz CT molecular complexity index is 1060. The summed E-state index contributed by atoms with van der Waals surface area (Å²) < 4.78 is 44.3. The number of carbonyl (C=O) groups is 1. The maximum Gasteiger partial charge on any atom is 0.262 e. The molecule has 0 spiro atoms. The van der Waals surface area contributed by atoms with Gasteiger partial charge in [0.15, 0.2) is 6.61 Å². The summed E-state index contributed by atoms with van der Waals surface area (Å²) in [7, 11) is -3.72. The first-order valence-corrected chi connectivity index (χ1v) is 12.5. The molecular formula is C24H32N2O6S. The normalized spacial score (nSPS) is 15.0. The van der Waals surface area contributed by atoms with Crippen LogP contribution in [0.2, 0.25) is 0 Å². The van der Waals surface area contributed by atoms with Crippen molar-refractivity contribution >= 4 is 21.6 Å². The third-order valence-corrected chi connectivity index (χ3v) is 6.99. The lowest BCUT2D eigenvalue weighted by atomic mass is 10.0. The number of para-hydroxylation sites is 1. The molecule has 2 aromatic rings. The topological polar surface area (TPSA) is 94.2 Å². The number of carbonyl (C=O) groups excluding carboxylic acids is 1. The van der Waals surface area contributed by atoms with Gasteiger partial charge in [0.2, 0.25) is 10.0 Å². The average molecular weight is 477 g/mol. The summed E-state index contributed by atoms with van der Waals surface area (Å²) in [5, 5.41) is 2.75. The van der Waals surface area contributed by atoms with Gasteiger partial charge in [0.05, 0.1) is 29.9 Å². The zero-order valence-electron chi connectivity index (χ0n) is 19.5. The van der Waals surface area contributed by atoms with Gasteiger partial charge in [-0.2, -0.15) is 4.31 Å². The van der Waals surface area contributed by atoms with E-state index >= 15 is 0 Å². The van der Waals surface area contributed by atoms with Crippen LogP contribution in [0.5, 0.6) is 11.5 Å². The van der Waals surface area contributed by atoms with Crippen LogP contribution in [0, 0.1) is 0 Å². The molecule has 9 heteroatoms. The number of nitrogens with one attached hydrogen (secondary N) is 1. The number of morpholine rings is 1. The minimum Gasteiger partial charge on any atom is -0.489 e. The average Bonchev–Trinajstić information content (AvgIpc) is 2.79. The van der Waals surface area contributed by atoms with Crippen LogP contribution in [-0.2, 0) is 19.6 Å². The Kier molecular flexibility index (Phi) is 8.34. The van der Waals surface area contributed by atoms with E-state index in [4.69, 9.17) is 14.2 Å². The van der Waals surface area contributed by atoms with Crippen molar-refractivity contribution in [1.29, 1.82) is 0 Å². The minimum absolute atomic E-state index is 0.0851. The fraction of sp³-hybridized carbons (Fsp3) is 0.458. The van der Waals surface area contributed by atoms with Gasteiger partial charge < -0.3 is 19.5 Å². The Morgan fingerprint density at radius 3 is 2.42 bits per heavy atom. The summed E-state index contributed by atoms with van der Waals surface area (Å²) in [5.41, 5.74) is 1.29. The Morgan fingerprint density at radius 1 is 1.06 bits per heavy atom. The molecule has 8 nitrogen and oxygen atoms in total. The molecule has 1 saturated heterocycles. The molecule has 0 bridgehead atoms. The van der Waals surface area contributed by atoms with Gasteiger partial charge in [0.1, 0.15) is 11.5 Å². The molecule has 2 aromatic carbocycles. The Morgan fingerprint density at radius 2 is 1.76 bits per heavy atom. The SMILES string of the molecule is CC(C)Oc1ccc(S(=O)(=O)N2CCOCC2)cc1NC(=O)COc1ccccc1C(C)C. The van der Waals surface area contributed by atoms with E-state index < -0.39 is 15.9 Å². The molecule has 0 radical (unpaired) electrons. The van der Waals surface area contributed by atoms with Gasteiger partial charge in [-0.1, -0.05) is 32.0 Å². The Balaban J connectivity index is 1.79. The lowest BCUT2D eigenvalue weighted by Gasteiger charge is -2.26. The molecule has 1 amide bonds. The molecule has 1 aliphatic heterocycles. The summed E-state index contributed by atoms with van der Waals surface area (Å²) in [6, 6.07) is 12.1. The molecule has 0 aliphatic carbocycles. The van der Waals surface area contributed by atoms with Crippen molar-refractivity contribution in [2.24, 2.45) is 0 Å². The molecule has 1 aliphatic rings. The number of benzene rings is 2. The van der Waals surface area contributed by atoms with Gasteiger partial charge in [-0.25, -0.2) is 8.42 Å². The van der Waals surface area contributed by atoms with Crippen LogP contribution < -0.4 is 14.8 Å². The van der Waals surface area contributed by atoms with Gasteiger partial charge in [-0.15, -0.1) is 0 Å². The third-order valence-electron chi connectivity index (χ3n) is 5.10. The van der Waals surface area contributed by atoms with Crippen molar-refractivity contribution in [2.45, 2.75) is 44.6 Å². The fourth-order valence-corrected chi connectivity index (χ4v) is 4.91. The number of amides is 1. The summed E-state index contributed by atoms with van der Waals surface area (Å²) in [6.07, 6.45) is -0.156. The standard InChI is InChI=1S/C24H32N2O6S/c1-17(2)20-7-5-6-8-22(20)31-16-24(27)25-21-15-19(9-10-23(21)32-18(3)4)33(28,29)26-11-13-30-14-12-26/h5-10,15,17-18H,11-14,16H2,1-4H3,(H,25,27). The maximum atomic E-state index is 13.1.